The number of halogens is 1. The van der Waals surface area contributed by atoms with Crippen molar-refractivity contribution in [1.82, 2.24) is 10.3 Å². The summed E-state index contributed by atoms with van der Waals surface area (Å²) in [6.45, 7) is 4.58. The van der Waals surface area contributed by atoms with Crippen molar-refractivity contribution in [3.63, 3.8) is 0 Å². The molecule has 0 aliphatic carbocycles. The van der Waals surface area contributed by atoms with E-state index in [9.17, 15) is 4.39 Å². The summed E-state index contributed by atoms with van der Waals surface area (Å²) in [4.78, 5) is 3.97. The van der Waals surface area contributed by atoms with E-state index in [0.29, 0.717) is 18.7 Å². The van der Waals surface area contributed by atoms with Crippen LogP contribution in [0.5, 0.6) is 5.88 Å². The number of nitrogens with one attached hydrogen (secondary N) is 1. The van der Waals surface area contributed by atoms with Gasteiger partial charge in [0.1, 0.15) is 6.61 Å². The van der Waals surface area contributed by atoms with E-state index >= 15 is 0 Å². The van der Waals surface area contributed by atoms with Gasteiger partial charge in [-0.2, -0.15) is 0 Å². The smallest absolute Gasteiger partial charge is 0.250 e. The molecule has 0 bridgehead atoms. The molecule has 2 rings (SSSR count). The predicted octanol–water partition coefficient (Wildman–Crippen LogP) is 2.67. The minimum Gasteiger partial charge on any atom is -0.473 e. The number of nitrogens with zero attached hydrogens (tertiary/aromatic N) is 1. The second-order valence-corrected chi connectivity index (χ2v) is 5.07. The summed E-state index contributed by atoms with van der Waals surface area (Å²) in [6, 6.07) is 1.68. The van der Waals surface area contributed by atoms with E-state index in [2.05, 4.69) is 17.2 Å². The third kappa shape index (κ3) is 4.42. The van der Waals surface area contributed by atoms with Gasteiger partial charge < -0.3 is 14.8 Å². The van der Waals surface area contributed by atoms with E-state index in [1.807, 2.05) is 0 Å². The van der Waals surface area contributed by atoms with Crippen LogP contribution in [0, 0.1) is 5.82 Å². The molecule has 4 nitrogen and oxygen atoms in total. The van der Waals surface area contributed by atoms with E-state index < -0.39 is 0 Å². The van der Waals surface area contributed by atoms with Crippen molar-refractivity contribution in [3.8, 4) is 5.88 Å². The largest absolute Gasteiger partial charge is 0.473 e. The van der Waals surface area contributed by atoms with Crippen LogP contribution in [0.1, 0.15) is 38.2 Å². The number of aromatic nitrogens is 1. The fourth-order valence-electron chi connectivity index (χ4n) is 2.21. The van der Waals surface area contributed by atoms with Crippen molar-refractivity contribution >= 4 is 0 Å². The average Bonchev–Trinajstić information content (AvgIpc) is 2.49. The van der Waals surface area contributed by atoms with Gasteiger partial charge in [-0.15, -0.1) is 0 Å². The van der Waals surface area contributed by atoms with E-state index in [-0.39, 0.29) is 17.8 Å². The lowest BCUT2D eigenvalue weighted by Gasteiger charge is -2.22. The number of ether oxygens (including phenoxy) is 2. The molecule has 1 N–H and O–H groups in total. The lowest BCUT2D eigenvalue weighted by atomic mass is 10.1. The Kier molecular flexibility index (Phi) is 6.21. The van der Waals surface area contributed by atoms with Gasteiger partial charge in [0.05, 0.1) is 6.10 Å². The van der Waals surface area contributed by atoms with Crippen molar-refractivity contribution in [1.29, 1.82) is 0 Å². The normalized spacial score (nSPS) is 19.0. The molecule has 5 heteroatoms. The molecule has 1 unspecified atom stereocenters. The highest BCUT2D eigenvalue weighted by atomic mass is 19.1. The van der Waals surface area contributed by atoms with Crippen LogP contribution in [0.25, 0.3) is 0 Å². The lowest BCUT2D eigenvalue weighted by Crippen LogP contribution is -2.26. The molecule has 0 saturated carbocycles. The molecular formula is C15H23FN2O2. The molecule has 1 aliphatic rings. The highest BCUT2D eigenvalue weighted by Gasteiger charge is 2.17. The van der Waals surface area contributed by atoms with Gasteiger partial charge in [0.15, 0.2) is 5.82 Å². The summed E-state index contributed by atoms with van der Waals surface area (Å²) >= 11 is 0. The molecule has 1 aromatic heterocycles. The van der Waals surface area contributed by atoms with Gasteiger partial charge in [0.2, 0.25) is 0 Å². The first-order valence-electron chi connectivity index (χ1n) is 7.39. The Morgan fingerprint density at radius 3 is 3.15 bits per heavy atom. The van der Waals surface area contributed by atoms with Gasteiger partial charge in [0, 0.05) is 24.9 Å². The Labute approximate surface area is 119 Å². The number of hydrogen-bond donors (Lipinski definition) is 1. The molecule has 1 aliphatic heterocycles. The maximum Gasteiger partial charge on any atom is 0.250 e. The average molecular weight is 282 g/mol. The van der Waals surface area contributed by atoms with Crippen LogP contribution in [0.2, 0.25) is 0 Å². The molecule has 0 radical (unpaired) electrons. The molecule has 1 saturated heterocycles. The van der Waals surface area contributed by atoms with Crippen molar-refractivity contribution in [3.05, 3.63) is 23.6 Å². The zero-order valence-corrected chi connectivity index (χ0v) is 12.0. The first kappa shape index (κ1) is 15.2. The quantitative estimate of drug-likeness (QED) is 0.781. The summed E-state index contributed by atoms with van der Waals surface area (Å²) < 4.78 is 25.2. The predicted molar refractivity (Wildman–Crippen MR) is 75.3 cm³/mol. The standard InChI is InChI=1S/C15H23FN2O2/c1-2-7-17-10-12-6-8-18-15(14(12)16)20-11-13-5-3-4-9-19-13/h6,8,13,17H,2-5,7,9-11H2,1H3. The highest BCUT2D eigenvalue weighted by Crippen LogP contribution is 2.19. The molecule has 1 atom stereocenters. The van der Waals surface area contributed by atoms with Crippen LogP contribution in [-0.2, 0) is 11.3 Å². The maximum absolute atomic E-state index is 14.2. The van der Waals surface area contributed by atoms with E-state index in [1.54, 1.807) is 12.3 Å². The maximum atomic E-state index is 14.2. The topological polar surface area (TPSA) is 43.4 Å². The minimum atomic E-state index is -0.369. The van der Waals surface area contributed by atoms with Crippen molar-refractivity contribution in [2.45, 2.75) is 45.3 Å². The van der Waals surface area contributed by atoms with Crippen LogP contribution in [0.3, 0.4) is 0 Å². The van der Waals surface area contributed by atoms with Crippen molar-refractivity contribution < 1.29 is 13.9 Å². The zero-order chi connectivity index (χ0) is 14.2. The van der Waals surface area contributed by atoms with Gasteiger partial charge >= 0.3 is 0 Å². The van der Waals surface area contributed by atoms with E-state index in [0.717, 1.165) is 38.8 Å². The fourth-order valence-corrected chi connectivity index (χ4v) is 2.21. The zero-order valence-electron chi connectivity index (χ0n) is 12.0. The molecule has 2 heterocycles. The Balaban J connectivity index is 1.88. The molecule has 0 spiro atoms. The summed E-state index contributed by atoms with van der Waals surface area (Å²) in [5, 5.41) is 3.18. The number of hydrogen-bond acceptors (Lipinski definition) is 4. The summed E-state index contributed by atoms with van der Waals surface area (Å²) in [7, 11) is 0. The monoisotopic (exact) mass is 282 g/mol. The highest BCUT2D eigenvalue weighted by molar-refractivity contribution is 5.23. The van der Waals surface area contributed by atoms with Crippen LogP contribution >= 0.6 is 0 Å². The van der Waals surface area contributed by atoms with Gasteiger partial charge in [-0.3, -0.25) is 0 Å². The van der Waals surface area contributed by atoms with Gasteiger partial charge in [0.25, 0.3) is 5.88 Å². The van der Waals surface area contributed by atoms with E-state index in [4.69, 9.17) is 9.47 Å². The second-order valence-electron chi connectivity index (χ2n) is 5.07. The van der Waals surface area contributed by atoms with Crippen molar-refractivity contribution in [2.75, 3.05) is 19.8 Å². The van der Waals surface area contributed by atoms with Crippen LogP contribution in [-0.4, -0.2) is 30.8 Å². The Morgan fingerprint density at radius 2 is 2.40 bits per heavy atom. The summed E-state index contributed by atoms with van der Waals surface area (Å²) in [6.07, 6.45) is 5.89. The summed E-state index contributed by atoms with van der Waals surface area (Å²) in [5.74, 6) is -0.290. The number of rotatable bonds is 7. The van der Waals surface area contributed by atoms with Crippen LogP contribution in [0.15, 0.2) is 12.3 Å². The first-order valence-corrected chi connectivity index (χ1v) is 7.39. The molecule has 1 fully saturated rings. The van der Waals surface area contributed by atoms with Gasteiger partial charge in [-0.25, -0.2) is 9.37 Å². The molecule has 0 aromatic carbocycles. The Bertz CT molecular complexity index is 409. The minimum absolute atomic E-state index is 0.0619. The third-order valence-corrected chi connectivity index (χ3v) is 3.36. The first-order chi connectivity index (χ1) is 9.81. The lowest BCUT2D eigenvalue weighted by molar-refractivity contribution is -0.0127. The molecule has 1 aromatic rings. The third-order valence-electron chi connectivity index (χ3n) is 3.36. The Morgan fingerprint density at radius 1 is 1.50 bits per heavy atom. The van der Waals surface area contributed by atoms with Gasteiger partial charge in [-0.1, -0.05) is 6.92 Å². The molecule has 0 amide bonds. The SMILES string of the molecule is CCCNCc1ccnc(OCC2CCCCO2)c1F. The van der Waals surface area contributed by atoms with Crippen LogP contribution < -0.4 is 10.1 Å². The van der Waals surface area contributed by atoms with Crippen LogP contribution in [0.4, 0.5) is 4.39 Å². The summed E-state index contributed by atoms with van der Waals surface area (Å²) in [5.41, 5.74) is 0.591. The fraction of sp³-hybridized carbons (Fsp3) is 0.667. The number of pyridine rings is 1. The Hall–Kier alpha value is -1.20. The molecular weight excluding hydrogens is 259 g/mol. The van der Waals surface area contributed by atoms with E-state index in [1.165, 1.54) is 0 Å². The molecule has 112 valence electrons. The van der Waals surface area contributed by atoms with Crippen molar-refractivity contribution in [2.24, 2.45) is 0 Å². The molecule has 20 heavy (non-hydrogen) atoms. The second kappa shape index (κ2) is 8.17. The van der Waals surface area contributed by atoms with Gasteiger partial charge in [-0.05, 0) is 38.3 Å².